The number of hydrogen-bond donors (Lipinski definition) is 4. The molecule has 6 N–H and O–H groups in total. The van der Waals surface area contributed by atoms with Gasteiger partial charge < -0.3 is 16.8 Å². The fourth-order valence-electron chi connectivity index (χ4n) is 2.73. The lowest BCUT2D eigenvalue weighted by Gasteiger charge is -2.26. The third-order valence-electron chi connectivity index (χ3n) is 3.84. The Balaban J connectivity index is 2.33. The summed E-state index contributed by atoms with van der Waals surface area (Å²) in [6.45, 7) is 0. The maximum Gasteiger partial charge on any atom is 0.211 e. The van der Waals surface area contributed by atoms with E-state index in [-0.39, 0.29) is 34.4 Å². The van der Waals surface area contributed by atoms with Gasteiger partial charge in [-0.15, -0.1) is 6.42 Å². The molecule has 1 unspecified atom stereocenters. The van der Waals surface area contributed by atoms with E-state index in [1.807, 2.05) is 6.07 Å². The molecule has 9 heteroatoms. The number of hydrogen-bond acceptors (Lipinski definition) is 8. The van der Waals surface area contributed by atoms with Crippen molar-refractivity contribution in [2.24, 2.45) is 4.99 Å². The van der Waals surface area contributed by atoms with Crippen LogP contribution in [0.1, 0.15) is 28.3 Å². The molecule has 0 bridgehead atoms. The van der Waals surface area contributed by atoms with E-state index in [1.54, 1.807) is 12.3 Å². The summed E-state index contributed by atoms with van der Waals surface area (Å²) in [6.07, 6.45) is 7.18. The van der Waals surface area contributed by atoms with Crippen molar-refractivity contribution in [3.8, 4) is 24.6 Å². The molecular weight excluding hydrogens is 335 g/mol. The number of guanidine groups is 1. The van der Waals surface area contributed by atoms with Crippen LogP contribution < -0.4 is 22.1 Å². The Bertz CT molecular complexity index is 1070. The molecule has 1 aliphatic rings. The third kappa shape index (κ3) is 2.48. The van der Waals surface area contributed by atoms with Gasteiger partial charge in [-0.25, -0.2) is 14.4 Å². The quantitative estimate of drug-likeness (QED) is 0.344. The molecule has 2 aromatic rings. The van der Waals surface area contributed by atoms with Gasteiger partial charge in [-0.2, -0.15) is 10.5 Å². The Labute approximate surface area is 148 Å². The van der Waals surface area contributed by atoms with Gasteiger partial charge in [-0.3, -0.25) is 5.32 Å². The van der Waals surface area contributed by atoms with Gasteiger partial charge in [0.05, 0.1) is 11.3 Å². The molecule has 26 heavy (non-hydrogen) atoms. The predicted octanol–water partition coefficient (Wildman–Crippen LogP) is 1.18. The van der Waals surface area contributed by atoms with E-state index in [9.17, 15) is 9.65 Å². The van der Waals surface area contributed by atoms with Gasteiger partial charge in [0.2, 0.25) is 5.96 Å². The number of aliphatic imine (C=N–C) groups is 1. The molecule has 0 radical (unpaired) electrons. The number of halogens is 1. The molecule has 2 heterocycles. The molecule has 0 fully saturated rings. The Kier molecular flexibility index (Phi) is 4.02. The van der Waals surface area contributed by atoms with Gasteiger partial charge in [-0.05, 0) is 11.6 Å². The van der Waals surface area contributed by atoms with Crippen LogP contribution >= 0.6 is 0 Å². The summed E-state index contributed by atoms with van der Waals surface area (Å²) in [5.74, 6) is 1.88. The monoisotopic (exact) mass is 346 g/mol. The Morgan fingerprint density at radius 3 is 2.69 bits per heavy atom. The fourth-order valence-corrected chi connectivity index (χ4v) is 2.73. The average molecular weight is 346 g/mol. The highest BCUT2D eigenvalue weighted by atomic mass is 19.1. The van der Waals surface area contributed by atoms with Crippen LogP contribution in [0.4, 0.5) is 21.7 Å². The molecule has 0 aliphatic carbocycles. The third-order valence-corrected chi connectivity index (χ3v) is 3.84. The van der Waals surface area contributed by atoms with Gasteiger partial charge in [0.15, 0.2) is 6.19 Å². The summed E-state index contributed by atoms with van der Waals surface area (Å²) in [6, 6.07) is 5.30. The van der Waals surface area contributed by atoms with E-state index < -0.39 is 11.9 Å². The number of pyridine rings is 1. The molecule has 1 atom stereocenters. The van der Waals surface area contributed by atoms with Crippen LogP contribution in [0.2, 0.25) is 0 Å². The summed E-state index contributed by atoms with van der Waals surface area (Å²) in [7, 11) is 0. The van der Waals surface area contributed by atoms with Gasteiger partial charge in [0, 0.05) is 5.56 Å². The first-order chi connectivity index (χ1) is 12.5. The second kappa shape index (κ2) is 6.31. The Hall–Kier alpha value is -4.29. The van der Waals surface area contributed by atoms with Gasteiger partial charge in [-0.1, -0.05) is 18.1 Å². The average Bonchev–Trinajstić information content (AvgIpc) is 2.61. The van der Waals surface area contributed by atoms with E-state index in [0.717, 1.165) is 0 Å². The van der Waals surface area contributed by atoms with Crippen molar-refractivity contribution in [1.29, 1.82) is 10.5 Å². The van der Waals surface area contributed by atoms with Crippen molar-refractivity contribution >= 4 is 23.3 Å². The number of nitrogen functional groups attached to an aromatic ring is 2. The number of fused-ring (bicyclic) bond motifs is 1. The second-order valence-electron chi connectivity index (χ2n) is 5.25. The largest absolute Gasteiger partial charge is 0.397 e. The number of nitrogens with one attached hydrogen (secondary N) is 2. The lowest BCUT2D eigenvalue weighted by Crippen LogP contribution is -2.33. The first-order valence-electron chi connectivity index (χ1n) is 7.25. The minimum atomic E-state index is -0.885. The fraction of sp³-hybridized carbons (Fsp3) is 0.0588. The smallest absolute Gasteiger partial charge is 0.211 e. The Morgan fingerprint density at radius 2 is 2.04 bits per heavy atom. The molecule has 126 valence electrons. The van der Waals surface area contributed by atoms with E-state index in [0.29, 0.717) is 11.1 Å². The number of terminal acetylenes is 1. The lowest BCUT2D eigenvalue weighted by molar-refractivity contribution is 0.619. The number of rotatable bonds is 1. The van der Waals surface area contributed by atoms with Crippen LogP contribution in [0.5, 0.6) is 0 Å². The van der Waals surface area contributed by atoms with Crippen molar-refractivity contribution in [3.63, 3.8) is 0 Å². The van der Waals surface area contributed by atoms with E-state index >= 15 is 0 Å². The highest BCUT2D eigenvalue weighted by Crippen LogP contribution is 2.41. The summed E-state index contributed by atoms with van der Waals surface area (Å²) in [5.41, 5.74) is 12.6. The van der Waals surface area contributed by atoms with E-state index in [4.69, 9.17) is 23.2 Å². The summed E-state index contributed by atoms with van der Waals surface area (Å²) in [5, 5.41) is 23.3. The minimum Gasteiger partial charge on any atom is -0.397 e. The zero-order valence-corrected chi connectivity index (χ0v) is 13.2. The van der Waals surface area contributed by atoms with Crippen molar-refractivity contribution < 1.29 is 4.39 Å². The molecule has 0 amide bonds. The van der Waals surface area contributed by atoms with Crippen molar-refractivity contribution in [2.45, 2.75) is 6.04 Å². The van der Waals surface area contributed by atoms with E-state index in [1.165, 1.54) is 12.1 Å². The number of nitrogens with zero attached hydrogens (tertiary/aromatic N) is 4. The van der Waals surface area contributed by atoms with E-state index in [2.05, 4.69) is 26.5 Å². The van der Waals surface area contributed by atoms with Gasteiger partial charge in [0.1, 0.15) is 35.1 Å². The number of nitrogens with two attached hydrogens (primary N) is 2. The minimum absolute atomic E-state index is 0.000130. The van der Waals surface area contributed by atoms with Crippen molar-refractivity contribution in [1.82, 2.24) is 10.3 Å². The zero-order valence-electron chi connectivity index (χ0n) is 13.2. The van der Waals surface area contributed by atoms with Crippen LogP contribution in [0.25, 0.3) is 0 Å². The van der Waals surface area contributed by atoms with Crippen LogP contribution in [-0.4, -0.2) is 10.9 Å². The number of aromatic nitrogens is 1. The highest BCUT2D eigenvalue weighted by Gasteiger charge is 2.31. The highest BCUT2D eigenvalue weighted by molar-refractivity contribution is 5.98. The molecule has 1 aromatic carbocycles. The number of anilines is 3. The van der Waals surface area contributed by atoms with Crippen LogP contribution in [-0.2, 0) is 0 Å². The SMILES string of the molecule is C#Cc1c(F)cccc1C1N=C(NC#N)Nc2nc(N)c(C#N)c(N)c21. The van der Waals surface area contributed by atoms with Gasteiger partial charge in [0.25, 0.3) is 0 Å². The lowest BCUT2D eigenvalue weighted by atomic mass is 9.92. The first-order valence-corrected chi connectivity index (χ1v) is 7.25. The number of benzene rings is 1. The van der Waals surface area contributed by atoms with Gasteiger partial charge >= 0.3 is 0 Å². The Morgan fingerprint density at radius 1 is 1.27 bits per heavy atom. The number of nitriles is 2. The molecule has 1 aliphatic heterocycles. The second-order valence-corrected chi connectivity index (χ2v) is 5.25. The maximum absolute atomic E-state index is 14.1. The predicted molar refractivity (Wildman–Crippen MR) is 93.8 cm³/mol. The summed E-state index contributed by atoms with van der Waals surface area (Å²) >= 11 is 0. The molecule has 3 rings (SSSR count). The molecule has 0 saturated carbocycles. The van der Waals surface area contributed by atoms with Crippen LogP contribution in [0, 0.1) is 40.9 Å². The summed E-state index contributed by atoms with van der Waals surface area (Å²) < 4.78 is 14.1. The van der Waals surface area contributed by atoms with Crippen molar-refractivity contribution in [2.75, 3.05) is 16.8 Å². The topological polar surface area (TPSA) is 149 Å². The standard InChI is InChI=1S/C17H11FN8/c1-2-8-9(4-3-5-11(8)18)14-12-13(21)10(6-19)15(22)25-16(12)26-17(24-14)23-7-20/h1,3-5,14H,(H6,21,22,23,24,25,26). The maximum atomic E-state index is 14.1. The van der Waals surface area contributed by atoms with Crippen LogP contribution in [0.15, 0.2) is 23.2 Å². The molecule has 8 nitrogen and oxygen atoms in total. The molecular formula is C17H11FN8. The molecule has 0 saturated heterocycles. The first kappa shape index (κ1) is 16.6. The molecule has 1 aromatic heterocycles. The normalized spacial score (nSPS) is 14.7. The summed E-state index contributed by atoms with van der Waals surface area (Å²) in [4.78, 5) is 8.46. The van der Waals surface area contributed by atoms with Crippen LogP contribution in [0.3, 0.4) is 0 Å². The molecule has 0 spiro atoms. The van der Waals surface area contributed by atoms with Crippen molar-refractivity contribution in [3.05, 3.63) is 46.3 Å². The zero-order chi connectivity index (χ0) is 18.8.